The second-order valence-corrected chi connectivity index (χ2v) is 7.02. The molecule has 1 heterocycles. The maximum atomic E-state index is 13.5. The summed E-state index contributed by atoms with van der Waals surface area (Å²) in [4.78, 5) is 12.3. The van der Waals surface area contributed by atoms with Crippen molar-refractivity contribution in [3.05, 3.63) is 66.6 Å². The predicted octanol–water partition coefficient (Wildman–Crippen LogP) is 4.73. The van der Waals surface area contributed by atoms with Crippen LogP contribution >= 0.6 is 0 Å². The van der Waals surface area contributed by atoms with Gasteiger partial charge in [0.25, 0.3) is 5.92 Å². The molecule has 170 valence electrons. The van der Waals surface area contributed by atoms with Gasteiger partial charge in [-0.15, -0.1) is 0 Å². The van der Waals surface area contributed by atoms with Crippen LogP contribution in [-0.2, 0) is 5.92 Å². The Kier molecular flexibility index (Phi) is 8.94. The highest BCUT2D eigenvalue weighted by Gasteiger charge is 2.24. The maximum Gasteiger partial charge on any atom is 0.270 e. The average Bonchev–Trinajstić information content (AvgIpc) is 2.74. The van der Waals surface area contributed by atoms with Gasteiger partial charge in [0.1, 0.15) is 12.5 Å². The molecule has 0 aliphatic rings. The Morgan fingerprint density at radius 2 is 2.00 bits per heavy atom. The quantitative estimate of drug-likeness (QED) is 0.312. The predicted molar refractivity (Wildman–Crippen MR) is 124 cm³/mol. The number of benzene rings is 1. The number of hydrogen-bond donors (Lipinski definition) is 3. The molecule has 10 heteroatoms. The molecule has 0 bridgehead atoms. The molecule has 0 unspecified atom stereocenters. The van der Waals surface area contributed by atoms with Gasteiger partial charge in [0.2, 0.25) is 5.96 Å². The minimum absolute atomic E-state index is 0.0785. The topological polar surface area (TPSA) is 86.1 Å². The third kappa shape index (κ3) is 8.21. The van der Waals surface area contributed by atoms with Gasteiger partial charge in [-0.2, -0.15) is 5.10 Å². The van der Waals surface area contributed by atoms with Crippen molar-refractivity contribution < 1.29 is 13.2 Å². The Labute approximate surface area is 185 Å². The first-order valence-corrected chi connectivity index (χ1v) is 9.80. The number of anilines is 2. The van der Waals surface area contributed by atoms with Crippen molar-refractivity contribution in [2.24, 2.45) is 15.1 Å². The van der Waals surface area contributed by atoms with E-state index in [0.29, 0.717) is 17.1 Å². The van der Waals surface area contributed by atoms with Crippen LogP contribution in [0.4, 0.5) is 24.5 Å². The summed E-state index contributed by atoms with van der Waals surface area (Å²) in [7, 11) is 0. The molecule has 0 radical (unpaired) electrons. The number of rotatable bonds is 8. The normalized spacial score (nSPS) is 12.8. The third-order valence-corrected chi connectivity index (χ3v) is 3.84. The molecule has 2 rings (SSSR count). The van der Waals surface area contributed by atoms with Crippen LogP contribution in [-0.4, -0.2) is 35.7 Å². The standard InChI is InChI=1S/C22H26F3N7/c1-5-26-21(31-20(12-23)29-15(2)3)32-28-14-18-9-10-19(13-27-18)30-17-8-6-7-16(11-17)22(4,24)25/h5-11,13-15,30H,1,12H2,2-4H3,(H2,26,29,31,32)/b28-14+. The largest absolute Gasteiger partial charge is 0.354 e. The first-order valence-electron chi connectivity index (χ1n) is 9.80. The highest BCUT2D eigenvalue weighted by atomic mass is 19.3. The highest BCUT2D eigenvalue weighted by molar-refractivity contribution is 6.00. The Bertz CT molecular complexity index is 978. The first-order chi connectivity index (χ1) is 15.2. The van der Waals surface area contributed by atoms with Gasteiger partial charge in [0, 0.05) is 30.4 Å². The third-order valence-electron chi connectivity index (χ3n) is 3.84. The zero-order valence-electron chi connectivity index (χ0n) is 18.1. The molecule has 0 atom stereocenters. The van der Waals surface area contributed by atoms with Gasteiger partial charge in [-0.3, -0.25) is 9.98 Å². The number of hydrazone groups is 1. The fourth-order valence-electron chi connectivity index (χ4n) is 2.48. The lowest BCUT2D eigenvalue weighted by molar-refractivity contribution is 0.0175. The number of pyridine rings is 1. The molecule has 0 spiro atoms. The highest BCUT2D eigenvalue weighted by Crippen LogP contribution is 2.29. The van der Waals surface area contributed by atoms with Gasteiger partial charge >= 0.3 is 0 Å². The van der Waals surface area contributed by atoms with E-state index in [0.717, 1.165) is 6.92 Å². The van der Waals surface area contributed by atoms with Crippen molar-refractivity contribution in [1.82, 2.24) is 15.7 Å². The molecule has 32 heavy (non-hydrogen) atoms. The molecule has 0 amide bonds. The van der Waals surface area contributed by atoms with E-state index in [1.807, 2.05) is 13.8 Å². The number of hydrogen-bond acceptors (Lipinski definition) is 5. The monoisotopic (exact) mass is 445 g/mol. The van der Waals surface area contributed by atoms with Crippen molar-refractivity contribution >= 4 is 29.4 Å². The fraction of sp³-hybridized carbons (Fsp3) is 0.273. The SMILES string of the molecule is C=CN=C(N/N=C/c1ccc(Nc2cccc(C(C)(F)F)c2)cn1)NC(CF)=NC(C)C. The summed E-state index contributed by atoms with van der Waals surface area (Å²) >= 11 is 0. The fourth-order valence-corrected chi connectivity index (χ4v) is 2.48. The summed E-state index contributed by atoms with van der Waals surface area (Å²) in [6.07, 6.45) is 4.26. The van der Waals surface area contributed by atoms with Crippen LogP contribution in [0, 0.1) is 0 Å². The molecule has 0 saturated carbocycles. The number of nitrogens with zero attached hydrogens (tertiary/aromatic N) is 4. The lowest BCUT2D eigenvalue weighted by atomic mass is 10.1. The lowest BCUT2D eigenvalue weighted by Crippen LogP contribution is -2.40. The Morgan fingerprint density at radius 1 is 1.22 bits per heavy atom. The van der Waals surface area contributed by atoms with Gasteiger partial charge in [-0.1, -0.05) is 18.7 Å². The van der Waals surface area contributed by atoms with E-state index >= 15 is 0 Å². The van der Waals surface area contributed by atoms with Crippen molar-refractivity contribution in [3.63, 3.8) is 0 Å². The van der Waals surface area contributed by atoms with Gasteiger partial charge in [-0.25, -0.2) is 23.6 Å². The summed E-state index contributed by atoms with van der Waals surface area (Å²) in [5.74, 6) is -2.65. The van der Waals surface area contributed by atoms with Crippen molar-refractivity contribution in [1.29, 1.82) is 0 Å². The van der Waals surface area contributed by atoms with E-state index in [1.54, 1.807) is 30.5 Å². The van der Waals surface area contributed by atoms with E-state index < -0.39 is 12.6 Å². The summed E-state index contributed by atoms with van der Waals surface area (Å²) in [6, 6.07) is 9.36. The molecule has 0 aliphatic heterocycles. The Morgan fingerprint density at radius 3 is 2.59 bits per heavy atom. The first kappa shape index (κ1) is 24.6. The van der Waals surface area contributed by atoms with Gasteiger partial charge < -0.3 is 10.6 Å². The lowest BCUT2D eigenvalue weighted by Gasteiger charge is -2.13. The molecule has 3 N–H and O–H groups in total. The summed E-state index contributed by atoms with van der Waals surface area (Å²) < 4.78 is 40.1. The molecule has 7 nitrogen and oxygen atoms in total. The number of amidine groups is 1. The number of alkyl halides is 3. The van der Waals surface area contributed by atoms with E-state index in [2.05, 4.69) is 42.7 Å². The second-order valence-electron chi connectivity index (χ2n) is 7.02. The number of nitrogens with one attached hydrogen (secondary N) is 3. The van der Waals surface area contributed by atoms with E-state index in [4.69, 9.17) is 0 Å². The molecule has 0 saturated heterocycles. The van der Waals surface area contributed by atoms with Crippen LogP contribution in [0.25, 0.3) is 0 Å². The Balaban J connectivity index is 2.01. The van der Waals surface area contributed by atoms with Gasteiger partial charge in [0.15, 0.2) is 0 Å². The summed E-state index contributed by atoms with van der Waals surface area (Å²) in [6.45, 7) is 7.23. The van der Waals surface area contributed by atoms with E-state index in [1.165, 1.54) is 24.5 Å². The van der Waals surface area contributed by atoms with Crippen molar-refractivity contribution in [2.45, 2.75) is 32.7 Å². The van der Waals surface area contributed by atoms with Gasteiger partial charge in [0.05, 0.1) is 23.8 Å². The van der Waals surface area contributed by atoms with Crippen LogP contribution in [0.5, 0.6) is 0 Å². The number of halogens is 3. The molecule has 0 aliphatic carbocycles. The number of aromatic nitrogens is 1. The Hall–Kier alpha value is -3.69. The second kappa shape index (κ2) is 11.6. The van der Waals surface area contributed by atoms with Crippen LogP contribution in [0.15, 0.2) is 70.5 Å². The molecule has 2 aromatic rings. The minimum atomic E-state index is -2.92. The molecular formula is C22H26F3N7. The zero-order chi connectivity index (χ0) is 23.6. The maximum absolute atomic E-state index is 13.5. The van der Waals surface area contributed by atoms with Crippen LogP contribution < -0.4 is 16.1 Å². The van der Waals surface area contributed by atoms with Crippen LogP contribution in [0.2, 0.25) is 0 Å². The minimum Gasteiger partial charge on any atom is -0.354 e. The van der Waals surface area contributed by atoms with Crippen LogP contribution in [0.3, 0.4) is 0 Å². The average molecular weight is 445 g/mol. The van der Waals surface area contributed by atoms with E-state index in [9.17, 15) is 13.2 Å². The van der Waals surface area contributed by atoms with Crippen molar-refractivity contribution in [3.8, 4) is 0 Å². The smallest absolute Gasteiger partial charge is 0.270 e. The van der Waals surface area contributed by atoms with E-state index in [-0.39, 0.29) is 23.4 Å². The van der Waals surface area contributed by atoms with Crippen molar-refractivity contribution in [2.75, 3.05) is 12.0 Å². The summed E-state index contributed by atoms with van der Waals surface area (Å²) in [5, 5.41) is 9.77. The molecular weight excluding hydrogens is 419 g/mol. The van der Waals surface area contributed by atoms with Gasteiger partial charge in [-0.05, 0) is 38.1 Å². The van der Waals surface area contributed by atoms with Crippen LogP contribution in [0.1, 0.15) is 32.0 Å². The number of guanidine groups is 1. The molecule has 0 fully saturated rings. The zero-order valence-corrected chi connectivity index (χ0v) is 18.1. The number of aliphatic imine (C=N–C) groups is 2. The molecule has 1 aromatic heterocycles. The molecule has 1 aromatic carbocycles. The summed E-state index contributed by atoms with van der Waals surface area (Å²) in [5.41, 5.74) is 4.24.